The fourth-order valence-corrected chi connectivity index (χ4v) is 2.66. The minimum atomic E-state index is -3.76. The smallest absolute Gasteiger partial charge is 0.240 e. The topological polar surface area (TPSA) is 92.4 Å². The van der Waals surface area contributed by atoms with Gasteiger partial charge in [-0.05, 0) is 31.0 Å². The molecule has 0 bridgehead atoms. The van der Waals surface area contributed by atoms with Gasteiger partial charge in [-0.3, -0.25) is 0 Å². The minimum Gasteiger partial charge on any atom is -0.396 e. The monoisotopic (exact) mass is 276 g/mol. The predicted octanol–water partition coefficient (Wildman–Crippen LogP) is 0.703. The van der Waals surface area contributed by atoms with Gasteiger partial charge >= 0.3 is 0 Å². The number of halogens is 1. The number of anilines is 1. The van der Waals surface area contributed by atoms with Crippen LogP contribution in [0, 0.1) is 11.7 Å². The number of aliphatic hydroxyl groups is 1. The zero-order chi connectivity index (χ0) is 13.9. The van der Waals surface area contributed by atoms with Crippen LogP contribution < -0.4 is 10.5 Å². The van der Waals surface area contributed by atoms with Crippen LogP contribution in [0.15, 0.2) is 23.1 Å². The van der Waals surface area contributed by atoms with Gasteiger partial charge in [0.1, 0.15) is 5.82 Å². The van der Waals surface area contributed by atoms with Crippen molar-refractivity contribution in [1.29, 1.82) is 0 Å². The van der Waals surface area contributed by atoms with Gasteiger partial charge < -0.3 is 10.8 Å². The highest BCUT2D eigenvalue weighted by Crippen LogP contribution is 2.17. The molecule has 1 aromatic carbocycles. The molecule has 0 saturated carbocycles. The van der Waals surface area contributed by atoms with Crippen molar-refractivity contribution in [2.75, 3.05) is 12.3 Å². The summed E-state index contributed by atoms with van der Waals surface area (Å²) in [6, 6.07) is 2.77. The maximum atomic E-state index is 13.0. The van der Waals surface area contributed by atoms with Crippen LogP contribution in [-0.4, -0.2) is 26.2 Å². The van der Waals surface area contributed by atoms with E-state index in [-0.39, 0.29) is 23.1 Å². The lowest BCUT2D eigenvalue weighted by Crippen LogP contribution is -2.38. The molecule has 1 aromatic rings. The maximum Gasteiger partial charge on any atom is 0.240 e. The Labute approximate surface area is 106 Å². The third-order valence-corrected chi connectivity index (χ3v) is 4.32. The second-order valence-corrected chi connectivity index (χ2v) is 5.97. The summed E-state index contributed by atoms with van der Waals surface area (Å²) >= 11 is 0. The van der Waals surface area contributed by atoms with Gasteiger partial charge in [0, 0.05) is 12.6 Å². The van der Waals surface area contributed by atoms with E-state index in [9.17, 15) is 12.8 Å². The number of nitrogens with two attached hydrogens (primary N) is 1. The Morgan fingerprint density at radius 1 is 1.44 bits per heavy atom. The van der Waals surface area contributed by atoms with E-state index in [0.717, 1.165) is 18.2 Å². The number of sulfonamides is 1. The molecule has 1 rings (SSSR count). The maximum absolute atomic E-state index is 13.0. The molecule has 0 saturated heterocycles. The summed E-state index contributed by atoms with van der Waals surface area (Å²) in [4.78, 5) is -0.0987. The Balaban J connectivity index is 2.96. The molecule has 2 unspecified atom stereocenters. The highest BCUT2D eigenvalue weighted by Gasteiger charge is 2.21. The predicted molar refractivity (Wildman–Crippen MR) is 66.8 cm³/mol. The lowest BCUT2D eigenvalue weighted by molar-refractivity contribution is 0.216. The first kappa shape index (κ1) is 14.9. The van der Waals surface area contributed by atoms with Crippen LogP contribution in [-0.2, 0) is 10.0 Å². The van der Waals surface area contributed by atoms with Crippen molar-refractivity contribution in [2.24, 2.45) is 5.92 Å². The number of nitrogens with one attached hydrogen (secondary N) is 1. The zero-order valence-corrected chi connectivity index (χ0v) is 11.0. The van der Waals surface area contributed by atoms with Crippen molar-refractivity contribution in [1.82, 2.24) is 4.72 Å². The molecule has 5 nitrogen and oxygen atoms in total. The van der Waals surface area contributed by atoms with Crippen LogP contribution in [0.2, 0.25) is 0 Å². The molecule has 0 aliphatic carbocycles. The summed E-state index contributed by atoms with van der Waals surface area (Å²) < 4.78 is 39.3. The average molecular weight is 276 g/mol. The molecule has 0 aliphatic heterocycles. The van der Waals surface area contributed by atoms with Gasteiger partial charge in [0.2, 0.25) is 10.0 Å². The Hall–Kier alpha value is -1.18. The van der Waals surface area contributed by atoms with Crippen LogP contribution in [0.5, 0.6) is 0 Å². The Morgan fingerprint density at radius 3 is 2.56 bits per heavy atom. The summed E-state index contributed by atoms with van der Waals surface area (Å²) in [5.74, 6) is -0.886. The van der Waals surface area contributed by atoms with Crippen molar-refractivity contribution in [2.45, 2.75) is 24.8 Å². The van der Waals surface area contributed by atoms with E-state index in [1.165, 1.54) is 0 Å². The van der Waals surface area contributed by atoms with Gasteiger partial charge in [0.15, 0.2) is 0 Å². The number of aliphatic hydroxyl groups excluding tert-OH is 1. The first-order valence-corrected chi connectivity index (χ1v) is 6.94. The minimum absolute atomic E-state index is 0.0987. The summed E-state index contributed by atoms with van der Waals surface area (Å²) in [5, 5.41) is 8.95. The van der Waals surface area contributed by atoms with E-state index in [1.54, 1.807) is 13.8 Å². The second kappa shape index (κ2) is 5.64. The number of rotatable bonds is 5. The van der Waals surface area contributed by atoms with Crippen LogP contribution in [0.4, 0.5) is 10.1 Å². The standard InChI is InChI=1S/C11H17FN2O3S/c1-7(6-15)8(2)14-18(16,17)9-3-4-10(12)11(13)5-9/h3-5,7-8,14-15H,6,13H2,1-2H3. The van der Waals surface area contributed by atoms with E-state index < -0.39 is 21.9 Å². The van der Waals surface area contributed by atoms with Gasteiger partial charge in [-0.25, -0.2) is 17.5 Å². The largest absolute Gasteiger partial charge is 0.396 e. The molecule has 102 valence electrons. The van der Waals surface area contributed by atoms with Crippen molar-refractivity contribution >= 4 is 15.7 Å². The normalized spacial score (nSPS) is 15.3. The van der Waals surface area contributed by atoms with Crippen LogP contribution in [0.3, 0.4) is 0 Å². The van der Waals surface area contributed by atoms with E-state index in [2.05, 4.69) is 4.72 Å². The lowest BCUT2D eigenvalue weighted by Gasteiger charge is -2.19. The number of hydrogen-bond acceptors (Lipinski definition) is 4. The second-order valence-electron chi connectivity index (χ2n) is 4.25. The summed E-state index contributed by atoms with van der Waals surface area (Å²) in [5.41, 5.74) is 5.11. The number of nitrogen functional groups attached to an aromatic ring is 1. The van der Waals surface area contributed by atoms with Gasteiger partial charge in [0.05, 0.1) is 10.6 Å². The van der Waals surface area contributed by atoms with Gasteiger partial charge in [0.25, 0.3) is 0 Å². The molecule has 0 aliphatic rings. The van der Waals surface area contributed by atoms with E-state index >= 15 is 0 Å². The molecular formula is C11H17FN2O3S. The fraction of sp³-hybridized carbons (Fsp3) is 0.455. The summed E-state index contributed by atoms with van der Waals surface area (Å²) in [7, 11) is -3.76. The quantitative estimate of drug-likeness (QED) is 0.690. The lowest BCUT2D eigenvalue weighted by atomic mass is 10.1. The molecule has 4 N–H and O–H groups in total. The summed E-state index contributed by atoms with van der Waals surface area (Å²) in [6.45, 7) is 3.23. The van der Waals surface area contributed by atoms with Gasteiger partial charge in [-0.1, -0.05) is 6.92 Å². The van der Waals surface area contributed by atoms with E-state index in [0.29, 0.717) is 0 Å². The van der Waals surface area contributed by atoms with Gasteiger partial charge in [-0.15, -0.1) is 0 Å². The molecule has 0 spiro atoms. The molecule has 0 radical (unpaired) electrons. The average Bonchev–Trinajstić information content (AvgIpc) is 2.30. The summed E-state index contributed by atoms with van der Waals surface area (Å²) in [6.07, 6.45) is 0. The number of benzene rings is 1. The Kier molecular flexibility index (Phi) is 4.66. The Bertz CT molecular complexity index is 519. The van der Waals surface area contributed by atoms with Crippen molar-refractivity contribution in [3.63, 3.8) is 0 Å². The molecule has 0 amide bonds. The molecule has 0 fully saturated rings. The first-order chi connectivity index (χ1) is 8.27. The molecule has 2 atom stereocenters. The highest BCUT2D eigenvalue weighted by molar-refractivity contribution is 7.89. The van der Waals surface area contributed by atoms with Crippen LogP contribution in [0.1, 0.15) is 13.8 Å². The van der Waals surface area contributed by atoms with Crippen LogP contribution in [0.25, 0.3) is 0 Å². The van der Waals surface area contributed by atoms with Crippen molar-refractivity contribution < 1.29 is 17.9 Å². The molecule has 18 heavy (non-hydrogen) atoms. The van der Waals surface area contributed by atoms with Crippen molar-refractivity contribution in [3.05, 3.63) is 24.0 Å². The van der Waals surface area contributed by atoms with Crippen LogP contribution >= 0.6 is 0 Å². The van der Waals surface area contributed by atoms with Crippen molar-refractivity contribution in [3.8, 4) is 0 Å². The van der Waals surface area contributed by atoms with Gasteiger partial charge in [-0.2, -0.15) is 0 Å². The fourth-order valence-electron chi connectivity index (χ4n) is 1.28. The Morgan fingerprint density at radius 2 is 2.06 bits per heavy atom. The molecular weight excluding hydrogens is 259 g/mol. The number of hydrogen-bond donors (Lipinski definition) is 3. The SMILES string of the molecule is CC(CO)C(C)NS(=O)(=O)c1ccc(F)c(N)c1. The van der Waals surface area contributed by atoms with E-state index in [1.807, 2.05) is 0 Å². The molecule has 7 heteroatoms. The molecule has 0 aromatic heterocycles. The third-order valence-electron chi connectivity index (χ3n) is 2.76. The third kappa shape index (κ3) is 3.41. The zero-order valence-electron chi connectivity index (χ0n) is 10.2. The molecule has 0 heterocycles. The highest BCUT2D eigenvalue weighted by atomic mass is 32.2. The first-order valence-electron chi connectivity index (χ1n) is 5.46. The van der Waals surface area contributed by atoms with E-state index in [4.69, 9.17) is 10.8 Å².